The van der Waals surface area contributed by atoms with Gasteiger partial charge in [-0.05, 0) is 6.07 Å². The van der Waals surface area contributed by atoms with Gasteiger partial charge in [0.25, 0.3) is 0 Å². The molecular weight excluding hydrogens is 205 g/mol. The lowest BCUT2D eigenvalue weighted by atomic mass is 10.1. The third-order valence-corrected chi connectivity index (χ3v) is 2.83. The van der Waals surface area contributed by atoms with Crippen LogP contribution in [-0.4, -0.2) is 30.6 Å². The molecule has 16 heavy (non-hydrogen) atoms. The average Bonchev–Trinajstić information content (AvgIpc) is 2.33. The minimum Gasteiger partial charge on any atom is -0.313 e. The van der Waals surface area contributed by atoms with Gasteiger partial charge >= 0.3 is 0 Å². The molecule has 1 saturated heterocycles. The van der Waals surface area contributed by atoms with Crippen LogP contribution in [0.3, 0.4) is 0 Å². The van der Waals surface area contributed by atoms with E-state index in [4.69, 9.17) is 5.26 Å². The number of piperazine rings is 1. The molecule has 1 aromatic rings. The van der Waals surface area contributed by atoms with Crippen molar-refractivity contribution in [2.45, 2.75) is 12.6 Å². The second-order valence-corrected chi connectivity index (χ2v) is 3.91. The Morgan fingerprint density at radius 2 is 2.31 bits per heavy atom. The number of benzene rings is 1. The van der Waals surface area contributed by atoms with Crippen LogP contribution in [0.15, 0.2) is 24.3 Å². The Hall–Kier alpha value is -1.44. The van der Waals surface area contributed by atoms with Crippen LogP contribution in [0.1, 0.15) is 5.56 Å². The molecule has 0 bridgehead atoms. The van der Waals surface area contributed by atoms with Crippen molar-refractivity contribution in [2.75, 3.05) is 19.6 Å². The van der Waals surface area contributed by atoms with Crippen LogP contribution in [0, 0.1) is 17.1 Å². The lowest BCUT2D eigenvalue weighted by molar-refractivity contribution is 0.187. The molecule has 0 radical (unpaired) electrons. The maximum Gasteiger partial charge on any atom is 0.127 e. The Morgan fingerprint density at radius 1 is 1.50 bits per heavy atom. The maximum absolute atomic E-state index is 13.5. The quantitative estimate of drug-likeness (QED) is 0.810. The summed E-state index contributed by atoms with van der Waals surface area (Å²) in [5.41, 5.74) is 0.657. The zero-order chi connectivity index (χ0) is 11.4. The van der Waals surface area contributed by atoms with E-state index in [1.165, 1.54) is 6.07 Å². The molecule has 1 aliphatic rings. The Balaban J connectivity index is 2.09. The summed E-state index contributed by atoms with van der Waals surface area (Å²) < 4.78 is 13.5. The summed E-state index contributed by atoms with van der Waals surface area (Å²) in [5, 5.41) is 12.1. The van der Waals surface area contributed by atoms with Gasteiger partial charge in [-0.2, -0.15) is 5.26 Å². The van der Waals surface area contributed by atoms with Crippen molar-refractivity contribution in [3.05, 3.63) is 35.6 Å². The predicted octanol–water partition coefficient (Wildman–Crippen LogP) is 1.12. The highest BCUT2D eigenvalue weighted by Crippen LogP contribution is 2.12. The molecule has 1 aromatic carbocycles. The largest absolute Gasteiger partial charge is 0.313 e. The van der Waals surface area contributed by atoms with Crippen LogP contribution < -0.4 is 5.32 Å². The smallest absolute Gasteiger partial charge is 0.127 e. The molecule has 2 rings (SSSR count). The van der Waals surface area contributed by atoms with Gasteiger partial charge in [0.2, 0.25) is 0 Å². The maximum atomic E-state index is 13.5. The topological polar surface area (TPSA) is 39.1 Å². The van der Waals surface area contributed by atoms with Gasteiger partial charge in [0, 0.05) is 31.7 Å². The first kappa shape index (κ1) is 11.1. The molecule has 0 spiro atoms. The fourth-order valence-electron chi connectivity index (χ4n) is 1.91. The van der Waals surface area contributed by atoms with Crippen molar-refractivity contribution in [3.8, 4) is 6.07 Å². The van der Waals surface area contributed by atoms with Crippen LogP contribution in [0.4, 0.5) is 4.39 Å². The fourth-order valence-corrected chi connectivity index (χ4v) is 1.91. The van der Waals surface area contributed by atoms with Crippen molar-refractivity contribution < 1.29 is 4.39 Å². The monoisotopic (exact) mass is 219 g/mol. The van der Waals surface area contributed by atoms with Gasteiger partial charge in [-0.15, -0.1) is 0 Å². The second kappa shape index (κ2) is 5.06. The number of nitrogens with zero attached hydrogens (tertiary/aromatic N) is 2. The van der Waals surface area contributed by atoms with Gasteiger partial charge in [-0.1, -0.05) is 18.2 Å². The molecular formula is C12H14FN3. The zero-order valence-electron chi connectivity index (χ0n) is 8.99. The van der Waals surface area contributed by atoms with Crippen LogP contribution in [-0.2, 0) is 6.54 Å². The molecule has 0 saturated carbocycles. The van der Waals surface area contributed by atoms with Crippen molar-refractivity contribution in [1.29, 1.82) is 5.26 Å². The summed E-state index contributed by atoms with van der Waals surface area (Å²) in [5.74, 6) is -0.197. The Morgan fingerprint density at radius 3 is 3.06 bits per heavy atom. The Bertz CT molecular complexity index is 399. The molecule has 1 atom stereocenters. The minimum absolute atomic E-state index is 0.159. The first-order valence-corrected chi connectivity index (χ1v) is 5.39. The van der Waals surface area contributed by atoms with Crippen LogP contribution in [0.2, 0.25) is 0 Å². The highest BCUT2D eigenvalue weighted by atomic mass is 19.1. The third-order valence-electron chi connectivity index (χ3n) is 2.83. The van der Waals surface area contributed by atoms with E-state index in [1.54, 1.807) is 12.1 Å². The SMILES string of the molecule is N#CC1CNCCN1Cc1ccccc1F. The van der Waals surface area contributed by atoms with Crippen LogP contribution in [0.25, 0.3) is 0 Å². The van der Waals surface area contributed by atoms with Gasteiger partial charge < -0.3 is 5.32 Å². The Labute approximate surface area is 94.5 Å². The highest BCUT2D eigenvalue weighted by molar-refractivity contribution is 5.17. The summed E-state index contributed by atoms with van der Waals surface area (Å²) in [6, 6.07) is 8.80. The molecule has 0 amide bonds. The van der Waals surface area contributed by atoms with Gasteiger partial charge in [0.1, 0.15) is 11.9 Å². The summed E-state index contributed by atoms with van der Waals surface area (Å²) in [7, 11) is 0. The third kappa shape index (κ3) is 2.38. The van der Waals surface area contributed by atoms with Crippen molar-refractivity contribution in [3.63, 3.8) is 0 Å². The summed E-state index contributed by atoms with van der Waals surface area (Å²) in [6.07, 6.45) is 0. The molecule has 1 fully saturated rings. The number of rotatable bonds is 2. The van der Waals surface area contributed by atoms with E-state index in [-0.39, 0.29) is 11.9 Å². The number of nitrogens with one attached hydrogen (secondary N) is 1. The van der Waals surface area contributed by atoms with E-state index in [0.29, 0.717) is 18.7 Å². The molecule has 1 unspecified atom stereocenters. The molecule has 0 aliphatic carbocycles. The second-order valence-electron chi connectivity index (χ2n) is 3.91. The number of halogens is 1. The van der Waals surface area contributed by atoms with E-state index in [0.717, 1.165) is 13.1 Å². The molecule has 84 valence electrons. The van der Waals surface area contributed by atoms with Crippen molar-refractivity contribution in [1.82, 2.24) is 10.2 Å². The highest BCUT2D eigenvalue weighted by Gasteiger charge is 2.22. The van der Waals surface area contributed by atoms with E-state index < -0.39 is 0 Å². The van der Waals surface area contributed by atoms with Crippen molar-refractivity contribution >= 4 is 0 Å². The zero-order valence-corrected chi connectivity index (χ0v) is 8.99. The summed E-state index contributed by atoms with van der Waals surface area (Å²) >= 11 is 0. The van der Waals surface area contributed by atoms with Gasteiger partial charge in [0.15, 0.2) is 0 Å². The summed E-state index contributed by atoms with van der Waals surface area (Å²) in [6.45, 7) is 2.80. The normalized spacial score (nSPS) is 21.6. The number of hydrogen-bond acceptors (Lipinski definition) is 3. The molecule has 1 N–H and O–H groups in total. The van der Waals surface area contributed by atoms with E-state index in [1.807, 2.05) is 11.0 Å². The van der Waals surface area contributed by atoms with Gasteiger partial charge in [0.05, 0.1) is 6.07 Å². The minimum atomic E-state index is -0.197. The molecule has 1 aliphatic heterocycles. The van der Waals surface area contributed by atoms with E-state index in [2.05, 4.69) is 11.4 Å². The van der Waals surface area contributed by atoms with E-state index >= 15 is 0 Å². The predicted molar refractivity (Wildman–Crippen MR) is 59.1 cm³/mol. The Kier molecular flexibility index (Phi) is 3.50. The molecule has 0 aromatic heterocycles. The summed E-state index contributed by atoms with van der Waals surface area (Å²) in [4.78, 5) is 2.01. The fraction of sp³-hybridized carbons (Fsp3) is 0.417. The van der Waals surface area contributed by atoms with Crippen LogP contribution >= 0.6 is 0 Å². The number of hydrogen-bond donors (Lipinski definition) is 1. The average molecular weight is 219 g/mol. The first-order valence-electron chi connectivity index (χ1n) is 5.39. The molecule has 4 heteroatoms. The van der Waals surface area contributed by atoms with Gasteiger partial charge in [-0.3, -0.25) is 4.90 Å². The molecule has 3 nitrogen and oxygen atoms in total. The van der Waals surface area contributed by atoms with Crippen molar-refractivity contribution in [2.24, 2.45) is 0 Å². The molecule has 1 heterocycles. The van der Waals surface area contributed by atoms with Gasteiger partial charge in [-0.25, -0.2) is 4.39 Å². The standard InChI is InChI=1S/C12H14FN3/c13-12-4-2-1-3-10(12)9-16-6-5-15-8-11(16)7-14/h1-4,11,15H,5-6,8-9H2. The van der Waals surface area contributed by atoms with Crippen LogP contribution in [0.5, 0.6) is 0 Å². The number of nitriles is 1. The lowest BCUT2D eigenvalue weighted by Crippen LogP contribution is -2.50. The lowest BCUT2D eigenvalue weighted by Gasteiger charge is -2.31. The van der Waals surface area contributed by atoms with E-state index in [9.17, 15) is 4.39 Å². The first-order chi connectivity index (χ1) is 7.81.